The van der Waals surface area contributed by atoms with Crippen LogP contribution in [0.1, 0.15) is 31.7 Å². The number of rotatable bonds is 4. The van der Waals surface area contributed by atoms with Crippen molar-refractivity contribution >= 4 is 5.69 Å². The molecule has 1 aliphatic rings. The van der Waals surface area contributed by atoms with Crippen LogP contribution >= 0.6 is 0 Å². The molecule has 1 saturated heterocycles. The quantitative estimate of drug-likeness (QED) is 0.679. The Bertz CT molecular complexity index is 493. The first-order valence-electron chi connectivity index (χ1n) is 6.91. The summed E-state index contributed by atoms with van der Waals surface area (Å²) in [6, 6.07) is 4.04. The second kappa shape index (κ2) is 6.28. The lowest BCUT2D eigenvalue weighted by atomic mass is 9.96. The highest BCUT2D eigenvalue weighted by Gasteiger charge is 2.25. The van der Waals surface area contributed by atoms with Gasteiger partial charge in [0, 0.05) is 24.7 Å². The predicted molar refractivity (Wildman–Crippen MR) is 74.8 cm³/mol. The molecule has 1 aromatic carbocycles. The first-order chi connectivity index (χ1) is 9.47. The molecule has 0 aliphatic carbocycles. The number of hydrogen-bond acceptors (Lipinski definition) is 4. The Morgan fingerprint density at radius 3 is 2.90 bits per heavy atom. The summed E-state index contributed by atoms with van der Waals surface area (Å²) >= 11 is 0. The molecule has 2 N–H and O–H groups in total. The third-order valence-electron chi connectivity index (χ3n) is 3.81. The van der Waals surface area contributed by atoms with Gasteiger partial charge in [-0.15, -0.1) is 0 Å². The molecular weight excluding hydrogens is 261 g/mol. The number of nitrogens with two attached hydrogens (primary N) is 1. The van der Waals surface area contributed by atoms with E-state index >= 15 is 0 Å². The summed E-state index contributed by atoms with van der Waals surface area (Å²) in [5, 5.41) is 10.8. The summed E-state index contributed by atoms with van der Waals surface area (Å²) in [6.45, 7) is 3.37. The highest BCUT2D eigenvalue weighted by atomic mass is 19.1. The molecule has 2 unspecified atom stereocenters. The van der Waals surface area contributed by atoms with Crippen molar-refractivity contribution in [3.05, 3.63) is 39.7 Å². The van der Waals surface area contributed by atoms with E-state index in [9.17, 15) is 14.5 Å². The SMILES string of the molecule is CC(N)C1CCCCN1Cc1cc(F)cc([N+](=O)[O-])c1. The zero-order valence-electron chi connectivity index (χ0n) is 11.6. The van der Waals surface area contributed by atoms with Crippen LogP contribution in [0.2, 0.25) is 0 Å². The second-order valence-corrected chi connectivity index (χ2v) is 5.47. The largest absolute Gasteiger partial charge is 0.327 e. The fourth-order valence-corrected chi connectivity index (χ4v) is 2.87. The Kier molecular flexibility index (Phi) is 4.67. The maximum atomic E-state index is 13.5. The van der Waals surface area contributed by atoms with Crippen LogP contribution in [0, 0.1) is 15.9 Å². The molecule has 0 spiro atoms. The highest BCUT2D eigenvalue weighted by Crippen LogP contribution is 2.23. The van der Waals surface area contributed by atoms with Crippen molar-refractivity contribution in [1.82, 2.24) is 4.90 Å². The van der Waals surface area contributed by atoms with E-state index in [-0.39, 0.29) is 17.8 Å². The lowest BCUT2D eigenvalue weighted by molar-refractivity contribution is -0.385. The van der Waals surface area contributed by atoms with Gasteiger partial charge in [0.05, 0.1) is 11.0 Å². The molecule has 1 aliphatic heterocycles. The number of benzene rings is 1. The molecule has 1 heterocycles. The smallest absolute Gasteiger partial charge is 0.272 e. The molecule has 1 fully saturated rings. The van der Waals surface area contributed by atoms with E-state index in [0.29, 0.717) is 12.1 Å². The molecule has 0 saturated carbocycles. The van der Waals surface area contributed by atoms with Gasteiger partial charge in [-0.2, -0.15) is 0 Å². The minimum absolute atomic E-state index is 0.0406. The van der Waals surface area contributed by atoms with Crippen molar-refractivity contribution in [1.29, 1.82) is 0 Å². The first kappa shape index (κ1) is 14.9. The number of halogens is 1. The van der Waals surface area contributed by atoms with Crippen LogP contribution in [0.25, 0.3) is 0 Å². The number of hydrogen-bond donors (Lipinski definition) is 1. The van der Waals surface area contributed by atoms with Crippen molar-refractivity contribution in [2.75, 3.05) is 6.54 Å². The fourth-order valence-electron chi connectivity index (χ4n) is 2.87. The van der Waals surface area contributed by atoms with Crippen molar-refractivity contribution in [3.8, 4) is 0 Å². The van der Waals surface area contributed by atoms with Crippen LogP contribution in [-0.2, 0) is 6.54 Å². The summed E-state index contributed by atoms with van der Waals surface area (Å²) in [6.07, 6.45) is 3.25. The number of nitro groups is 1. The Morgan fingerprint density at radius 2 is 2.25 bits per heavy atom. The van der Waals surface area contributed by atoms with Crippen LogP contribution in [0.4, 0.5) is 10.1 Å². The molecule has 2 rings (SSSR count). The summed E-state index contributed by atoms with van der Waals surface area (Å²) in [5.74, 6) is -0.566. The molecule has 0 radical (unpaired) electrons. The van der Waals surface area contributed by atoms with E-state index < -0.39 is 10.7 Å². The van der Waals surface area contributed by atoms with Gasteiger partial charge in [-0.25, -0.2) is 4.39 Å². The minimum Gasteiger partial charge on any atom is -0.327 e. The predicted octanol–water partition coefficient (Wildman–Crippen LogP) is 2.44. The number of likely N-dealkylation sites (tertiary alicyclic amines) is 1. The molecule has 20 heavy (non-hydrogen) atoms. The topological polar surface area (TPSA) is 72.4 Å². The molecular formula is C14H20FN3O2. The van der Waals surface area contributed by atoms with E-state index in [1.807, 2.05) is 6.92 Å². The molecule has 0 bridgehead atoms. The van der Waals surface area contributed by atoms with Crippen LogP contribution in [0.5, 0.6) is 0 Å². The molecule has 6 heteroatoms. The first-order valence-corrected chi connectivity index (χ1v) is 6.91. The lowest BCUT2D eigenvalue weighted by Crippen LogP contribution is -2.48. The van der Waals surface area contributed by atoms with Crippen molar-refractivity contribution in [2.45, 2.75) is 44.8 Å². The van der Waals surface area contributed by atoms with Gasteiger partial charge in [0.2, 0.25) is 0 Å². The third-order valence-corrected chi connectivity index (χ3v) is 3.81. The number of nitro benzene ring substituents is 1. The van der Waals surface area contributed by atoms with E-state index in [1.54, 1.807) is 0 Å². The number of piperidine rings is 1. The van der Waals surface area contributed by atoms with Gasteiger partial charge in [0.25, 0.3) is 5.69 Å². The molecule has 5 nitrogen and oxygen atoms in total. The normalized spacial score (nSPS) is 21.6. The summed E-state index contributed by atoms with van der Waals surface area (Å²) < 4.78 is 13.5. The minimum atomic E-state index is -0.566. The van der Waals surface area contributed by atoms with E-state index in [1.165, 1.54) is 12.1 Å². The van der Waals surface area contributed by atoms with Gasteiger partial charge >= 0.3 is 0 Å². The summed E-state index contributed by atoms with van der Waals surface area (Å²) in [4.78, 5) is 12.4. The van der Waals surface area contributed by atoms with Gasteiger partial charge < -0.3 is 5.73 Å². The standard InChI is InChI=1S/C14H20FN3O2/c1-10(16)14-4-2-3-5-17(14)9-11-6-12(15)8-13(7-11)18(19)20/h6-8,10,14H,2-5,9,16H2,1H3. The Hall–Kier alpha value is -1.53. The molecule has 2 atom stereocenters. The average molecular weight is 281 g/mol. The van der Waals surface area contributed by atoms with Gasteiger partial charge in [-0.1, -0.05) is 6.42 Å². The maximum absolute atomic E-state index is 13.5. The van der Waals surface area contributed by atoms with Gasteiger partial charge in [0.1, 0.15) is 5.82 Å². The zero-order valence-corrected chi connectivity index (χ0v) is 11.6. The van der Waals surface area contributed by atoms with Crippen LogP contribution in [0.3, 0.4) is 0 Å². The van der Waals surface area contributed by atoms with Crippen molar-refractivity contribution in [3.63, 3.8) is 0 Å². The molecule has 110 valence electrons. The number of nitrogens with zero attached hydrogens (tertiary/aromatic N) is 2. The number of non-ortho nitro benzene ring substituents is 1. The van der Waals surface area contributed by atoms with Crippen molar-refractivity contribution < 1.29 is 9.31 Å². The van der Waals surface area contributed by atoms with E-state index in [0.717, 1.165) is 31.9 Å². The lowest BCUT2D eigenvalue weighted by Gasteiger charge is -2.38. The maximum Gasteiger partial charge on any atom is 0.272 e. The Morgan fingerprint density at radius 1 is 1.50 bits per heavy atom. The third kappa shape index (κ3) is 3.52. The van der Waals surface area contributed by atoms with Gasteiger partial charge in [-0.3, -0.25) is 15.0 Å². The monoisotopic (exact) mass is 281 g/mol. The molecule has 0 aromatic heterocycles. The second-order valence-electron chi connectivity index (χ2n) is 5.47. The molecule has 1 aromatic rings. The van der Waals surface area contributed by atoms with Gasteiger partial charge in [-0.05, 0) is 37.9 Å². The van der Waals surface area contributed by atoms with Crippen LogP contribution in [-0.4, -0.2) is 28.5 Å². The summed E-state index contributed by atoms with van der Waals surface area (Å²) in [5.41, 5.74) is 6.42. The van der Waals surface area contributed by atoms with Crippen LogP contribution < -0.4 is 5.73 Å². The van der Waals surface area contributed by atoms with Gasteiger partial charge in [0.15, 0.2) is 0 Å². The Labute approximate surface area is 117 Å². The highest BCUT2D eigenvalue weighted by molar-refractivity contribution is 5.35. The zero-order chi connectivity index (χ0) is 14.7. The van der Waals surface area contributed by atoms with E-state index in [4.69, 9.17) is 5.73 Å². The van der Waals surface area contributed by atoms with Crippen LogP contribution in [0.15, 0.2) is 18.2 Å². The fraction of sp³-hybridized carbons (Fsp3) is 0.571. The molecule has 0 amide bonds. The average Bonchev–Trinajstić information content (AvgIpc) is 2.38. The van der Waals surface area contributed by atoms with Crippen molar-refractivity contribution in [2.24, 2.45) is 5.73 Å². The summed E-state index contributed by atoms with van der Waals surface area (Å²) in [7, 11) is 0. The van der Waals surface area contributed by atoms with E-state index in [2.05, 4.69) is 4.90 Å². The Balaban J connectivity index is 2.17.